The number of hydrogen-bond donors (Lipinski definition) is 1. The first-order chi connectivity index (χ1) is 12.0. The van der Waals surface area contributed by atoms with Crippen molar-refractivity contribution in [3.8, 4) is 11.1 Å². The van der Waals surface area contributed by atoms with E-state index in [0.717, 1.165) is 36.9 Å². The Hall–Kier alpha value is -1.98. The standard InChI is InChI=1S/C20H20F2N2O.ClH/c1-24-11-10-20(19(24)25)9-8-18(23-20)16-12-14(4-7-17(16)22)13-2-5-15(21)6-3-13;/h2-7,12,18,23H,8-11H2,1H3;1H/t18-,20+;/m0./s1. The zero-order valence-corrected chi connectivity index (χ0v) is 15.3. The molecule has 0 bridgehead atoms. The molecule has 0 aromatic heterocycles. The maximum atomic E-state index is 14.5. The van der Waals surface area contributed by atoms with Crippen LogP contribution in [-0.4, -0.2) is 29.9 Å². The first-order valence-electron chi connectivity index (χ1n) is 8.57. The van der Waals surface area contributed by atoms with E-state index in [9.17, 15) is 13.6 Å². The van der Waals surface area contributed by atoms with Crippen LogP contribution in [0.25, 0.3) is 11.1 Å². The van der Waals surface area contributed by atoms with E-state index in [-0.39, 0.29) is 36.0 Å². The fraction of sp³-hybridized carbons (Fsp3) is 0.350. The zero-order valence-electron chi connectivity index (χ0n) is 14.5. The molecule has 2 fully saturated rings. The van der Waals surface area contributed by atoms with Gasteiger partial charge in [0.15, 0.2) is 0 Å². The summed E-state index contributed by atoms with van der Waals surface area (Å²) in [6, 6.07) is 10.9. The van der Waals surface area contributed by atoms with E-state index in [4.69, 9.17) is 0 Å². The Kier molecular flexibility index (Phi) is 5.04. The van der Waals surface area contributed by atoms with E-state index >= 15 is 0 Å². The van der Waals surface area contributed by atoms with Crippen LogP contribution in [0.4, 0.5) is 8.78 Å². The number of hydrogen-bond acceptors (Lipinski definition) is 2. The highest BCUT2D eigenvalue weighted by atomic mass is 35.5. The van der Waals surface area contributed by atoms with Crippen molar-refractivity contribution >= 4 is 18.3 Å². The monoisotopic (exact) mass is 378 g/mol. The average Bonchev–Trinajstić information content (AvgIpc) is 3.16. The number of amides is 1. The van der Waals surface area contributed by atoms with Gasteiger partial charge >= 0.3 is 0 Å². The van der Waals surface area contributed by atoms with Gasteiger partial charge in [-0.05, 0) is 54.7 Å². The number of likely N-dealkylation sites (tertiary alicyclic amines) is 1. The maximum absolute atomic E-state index is 14.5. The predicted octanol–water partition coefficient (Wildman–Crippen LogP) is 4.08. The van der Waals surface area contributed by atoms with Crippen LogP contribution in [-0.2, 0) is 4.79 Å². The number of nitrogens with zero attached hydrogens (tertiary/aromatic N) is 1. The first kappa shape index (κ1) is 18.8. The molecule has 26 heavy (non-hydrogen) atoms. The Labute approximate surface area is 157 Å². The molecule has 2 heterocycles. The highest BCUT2D eigenvalue weighted by molar-refractivity contribution is 5.88. The van der Waals surface area contributed by atoms with E-state index in [1.807, 2.05) is 13.1 Å². The Morgan fingerprint density at radius 2 is 1.77 bits per heavy atom. The lowest BCUT2D eigenvalue weighted by molar-refractivity contribution is -0.131. The minimum absolute atomic E-state index is 0. The third kappa shape index (κ3) is 3.10. The molecule has 2 saturated heterocycles. The summed E-state index contributed by atoms with van der Waals surface area (Å²) in [6.45, 7) is 0.733. The minimum atomic E-state index is -0.544. The summed E-state index contributed by atoms with van der Waals surface area (Å²) >= 11 is 0. The molecule has 0 aliphatic carbocycles. The zero-order chi connectivity index (χ0) is 17.6. The summed E-state index contributed by atoms with van der Waals surface area (Å²) < 4.78 is 27.6. The molecule has 0 saturated carbocycles. The van der Waals surface area contributed by atoms with Crippen molar-refractivity contribution in [1.82, 2.24) is 10.2 Å². The van der Waals surface area contributed by atoms with E-state index in [1.165, 1.54) is 18.2 Å². The molecular weight excluding hydrogens is 358 g/mol. The molecule has 2 aliphatic rings. The molecular formula is C20H21ClF2N2O. The van der Waals surface area contributed by atoms with Crippen molar-refractivity contribution in [1.29, 1.82) is 0 Å². The second kappa shape index (κ2) is 6.97. The third-order valence-electron chi connectivity index (χ3n) is 5.49. The number of benzene rings is 2. The SMILES string of the molecule is CN1CC[C@]2(CC[C@@H](c3cc(-c4ccc(F)cc4)ccc3F)N2)C1=O.Cl. The molecule has 3 nitrogen and oxygen atoms in total. The van der Waals surface area contributed by atoms with Crippen molar-refractivity contribution in [2.45, 2.75) is 30.8 Å². The molecule has 4 rings (SSSR count). The molecule has 1 spiro atoms. The molecule has 1 amide bonds. The molecule has 0 unspecified atom stereocenters. The van der Waals surface area contributed by atoms with Crippen LogP contribution in [0.15, 0.2) is 42.5 Å². The quantitative estimate of drug-likeness (QED) is 0.854. The van der Waals surface area contributed by atoms with Crippen LogP contribution in [0.1, 0.15) is 30.9 Å². The predicted molar refractivity (Wildman–Crippen MR) is 99.1 cm³/mol. The normalized spacial score (nSPS) is 25.0. The molecule has 2 aromatic rings. The van der Waals surface area contributed by atoms with Crippen molar-refractivity contribution in [3.05, 3.63) is 59.7 Å². The van der Waals surface area contributed by atoms with E-state index in [0.29, 0.717) is 5.56 Å². The van der Waals surface area contributed by atoms with Crippen LogP contribution in [0.2, 0.25) is 0 Å². The Morgan fingerprint density at radius 3 is 2.42 bits per heavy atom. The fourth-order valence-electron chi connectivity index (χ4n) is 4.03. The topological polar surface area (TPSA) is 32.3 Å². The second-order valence-electron chi connectivity index (χ2n) is 7.04. The number of carbonyl (C=O) groups excluding carboxylic acids is 1. The van der Waals surface area contributed by atoms with E-state index in [1.54, 1.807) is 23.1 Å². The van der Waals surface area contributed by atoms with E-state index < -0.39 is 5.54 Å². The number of nitrogens with one attached hydrogen (secondary N) is 1. The van der Waals surface area contributed by atoms with Gasteiger partial charge in [0.05, 0.1) is 0 Å². The first-order valence-corrected chi connectivity index (χ1v) is 8.57. The summed E-state index contributed by atoms with van der Waals surface area (Å²) in [5.74, 6) is -0.473. The van der Waals surface area contributed by atoms with Gasteiger partial charge in [-0.1, -0.05) is 18.2 Å². The van der Waals surface area contributed by atoms with Gasteiger partial charge in [-0.3, -0.25) is 10.1 Å². The van der Waals surface area contributed by atoms with Gasteiger partial charge in [-0.2, -0.15) is 0 Å². The summed E-state index contributed by atoms with van der Waals surface area (Å²) in [4.78, 5) is 14.2. The smallest absolute Gasteiger partial charge is 0.242 e. The lowest BCUT2D eigenvalue weighted by atomic mass is 9.95. The number of carbonyl (C=O) groups is 1. The number of likely N-dealkylation sites (N-methyl/N-ethyl adjacent to an activating group) is 1. The Balaban J connectivity index is 0.00000196. The Morgan fingerprint density at radius 1 is 1.08 bits per heavy atom. The van der Waals surface area contributed by atoms with Gasteiger partial charge < -0.3 is 4.90 Å². The van der Waals surface area contributed by atoms with Crippen molar-refractivity contribution in [3.63, 3.8) is 0 Å². The average molecular weight is 379 g/mol. The third-order valence-corrected chi connectivity index (χ3v) is 5.49. The Bertz CT molecular complexity index is 827. The van der Waals surface area contributed by atoms with Crippen molar-refractivity contribution in [2.24, 2.45) is 0 Å². The van der Waals surface area contributed by atoms with Gasteiger partial charge in [0.1, 0.15) is 17.2 Å². The van der Waals surface area contributed by atoms with Crippen LogP contribution in [0.3, 0.4) is 0 Å². The van der Waals surface area contributed by atoms with Gasteiger partial charge in [-0.15, -0.1) is 12.4 Å². The highest BCUT2D eigenvalue weighted by Gasteiger charge is 2.50. The maximum Gasteiger partial charge on any atom is 0.242 e. The van der Waals surface area contributed by atoms with Crippen LogP contribution < -0.4 is 5.32 Å². The summed E-state index contributed by atoms with van der Waals surface area (Å²) in [7, 11) is 1.81. The summed E-state index contributed by atoms with van der Waals surface area (Å²) in [5.41, 5.74) is 1.71. The fourth-order valence-corrected chi connectivity index (χ4v) is 4.03. The lowest BCUT2D eigenvalue weighted by Crippen LogP contribution is -2.47. The molecule has 0 radical (unpaired) electrons. The second-order valence-corrected chi connectivity index (χ2v) is 7.04. The van der Waals surface area contributed by atoms with Gasteiger partial charge in [0.2, 0.25) is 5.91 Å². The number of rotatable bonds is 2. The van der Waals surface area contributed by atoms with Crippen LogP contribution >= 0.6 is 12.4 Å². The molecule has 1 N–H and O–H groups in total. The summed E-state index contributed by atoms with van der Waals surface area (Å²) in [6.07, 6.45) is 2.21. The van der Waals surface area contributed by atoms with Crippen molar-refractivity contribution in [2.75, 3.05) is 13.6 Å². The van der Waals surface area contributed by atoms with Crippen LogP contribution in [0.5, 0.6) is 0 Å². The summed E-state index contributed by atoms with van der Waals surface area (Å²) in [5, 5.41) is 3.40. The molecule has 2 aliphatic heterocycles. The lowest BCUT2D eigenvalue weighted by Gasteiger charge is -2.23. The van der Waals surface area contributed by atoms with Gasteiger partial charge in [0, 0.05) is 25.2 Å². The molecule has 6 heteroatoms. The highest BCUT2D eigenvalue weighted by Crippen LogP contribution is 2.40. The molecule has 2 aromatic carbocycles. The minimum Gasteiger partial charge on any atom is -0.344 e. The molecule has 138 valence electrons. The van der Waals surface area contributed by atoms with Crippen LogP contribution in [0, 0.1) is 11.6 Å². The molecule has 2 atom stereocenters. The van der Waals surface area contributed by atoms with Gasteiger partial charge in [0.25, 0.3) is 0 Å². The van der Waals surface area contributed by atoms with Crippen molar-refractivity contribution < 1.29 is 13.6 Å². The number of halogens is 3. The van der Waals surface area contributed by atoms with Gasteiger partial charge in [-0.25, -0.2) is 8.78 Å². The largest absolute Gasteiger partial charge is 0.344 e. The van der Waals surface area contributed by atoms with E-state index in [2.05, 4.69) is 5.32 Å².